The highest BCUT2D eigenvalue weighted by Gasteiger charge is 2.39. The lowest BCUT2D eigenvalue weighted by atomic mass is 9.62. The highest BCUT2D eigenvalue weighted by Crippen LogP contribution is 2.48. The van der Waals surface area contributed by atoms with Crippen LogP contribution in [-0.4, -0.2) is 12.5 Å². The molecule has 2 aliphatic carbocycles. The zero-order valence-electron chi connectivity index (χ0n) is 12.1. The first kappa shape index (κ1) is 18.1. The van der Waals surface area contributed by atoms with E-state index >= 15 is 0 Å². The fourth-order valence-corrected chi connectivity index (χ4v) is 4.80. The van der Waals surface area contributed by atoms with Gasteiger partial charge in [-0.25, -0.2) is 0 Å². The lowest BCUT2D eigenvalue weighted by Crippen LogP contribution is -2.43. The molecule has 122 valence electrons. The molecule has 1 aromatic rings. The third kappa shape index (κ3) is 3.97. The average Bonchev–Trinajstić information content (AvgIpc) is 2.47. The number of hydrogen-bond acceptors (Lipinski definition) is 1. The summed E-state index contributed by atoms with van der Waals surface area (Å²) >= 11 is 8.36. The number of carbonyl (C=O) groups excluding carboxylic acids is 1. The number of rotatable bonds is 3. The van der Waals surface area contributed by atoms with Gasteiger partial charge in [0.15, 0.2) is 0 Å². The summed E-state index contributed by atoms with van der Waals surface area (Å²) in [4.78, 5) is 12.4. The standard InChI is InChI=1S/C17H21ClINO.CH4/c18-15-6-5-13(19)9-14(15)16(21)20-11-17-7-1-3-12(10-17)4-2-8-17;/h5-6,9,12H,1-4,7-8,10-11H2,(H,20,21);1H4. The van der Waals surface area contributed by atoms with Crippen LogP contribution in [0.3, 0.4) is 0 Å². The van der Waals surface area contributed by atoms with E-state index in [0.29, 0.717) is 16.0 Å². The van der Waals surface area contributed by atoms with E-state index in [1.807, 2.05) is 12.1 Å². The number of fused-ring (bicyclic) bond motifs is 2. The Balaban J connectivity index is 0.00000176. The maximum absolute atomic E-state index is 12.4. The second-order valence-electron chi connectivity index (χ2n) is 6.66. The zero-order chi connectivity index (χ0) is 14.9. The van der Waals surface area contributed by atoms with Gasteiger partial charge in [0.05, 0.1) is 10.6 Å². The van der Waals surface area contributed by atoms with Crippen LogP contribution in [-0.2, 0) is 0 Å². The van der Waals surface area contributed by atoms with Crippen LogP contribution in [0.25, 0.3) is 0 Å². The molecule has 0 radical (unpaired) electrons. The molecule has 2 nitrogen and oxygen atoms in total. The van der Waals surface area contributed by atoms with Gasteiger partial charge in [-0.15, -0.1) is 0 Å². The van der Waals surface area contributed by atoms with Gasteiger partial charge in [0.1, 0.15) is 0 Å². The normalized spacial score (nSPS) is 26.9. The molecule has 0 aliphatic heterocycles. The lowest BCUT2D eigenvalue weighted by Gasteiger charge is -2.45. The van der Waals surface area contributed by atoms with Crippen LogP contribution in [0.1, 0.15) is 62.7 Å². The van der Waals surface area contributed by atoms with Gasteiger partial charge in [-0.3, -0.25) is 4.79 Å². The van der Waals surface area contributed by atoms with E-state index in [1.54, 1.807) is 6.07 Å². The highest BCUT2D eigenvalue weighted by molar-refractivity contribution is 14.1. The molecule has 1 amide bonds. The van der Waals surface area contributed by atoms with Gasteiger partial charge in [-0.2, -0.15) is 0 Å². The minimum Gasteiger partial charge on any atom is -0.351 e. The predicted molar refractivity (Wildman–Crippen MR) is 101 cm³/mol. The Morgan fingerprint density at radius 2 is 2.00 bits per heavy atom. The van der Waals surface area contributed by atoms with E-state index in [4.69, 9.17) is 11.6 Å². The fraction of sp³-hybridized carbons (Fsp3) is 0.611. The smallest absolute Gasteiger partial charge is 0.252 e. The number of benzene rings is 1. The summed E-state index contributed by atoms with van der Waals surface area (Å²) in [5.41, 5.74) is 0.953. The van der Waals surface area contributed by atoms with Gasteiger partial charge < -0.3 is 5.32 Å². The first-order valence-electron chi connectivity index (χ1n) is 7.81. The molecule has 0 spiro atoms. The first-order chi connectivity index (χ1) is 10.1. The molecule has 3 rings (SSSR count). The molecule has 1 aromatic carbocycles. The van der Waals surface area contributed by atoms with E-state index < -0.39 is 0 Å². The van der Waals surface area contributed by atoms with Crippen molar-refractivity contribution in [3.8, 4) is 0 Å². The molecular weight excluding hydrogens is 409 g/mol. The summed E-state index contributed by atoms with van der Waals surface area (Å²) in [5.74, 6) is 0.867. The number of carbonyl (C=O) groups is 1. The second-order valence-corrected chi connectivity index (χ2v) is 8.31. The molecule has 2 aliphatic rings. The lowest BCUT2D eigenvalue weighted by molar-refractivity contribution is 0.0682. The molecule has 0 unspecified atom stereocenters. The average molecular weight is 434 g/mol. The predicted octanol–water partition coefficient (Wildman–Crippen LogP) is 5.67. The van der Waals surface area contributed by atoms with Gasteiger partial charge in [0, 0.05) is 10.1 Å². The summed E-state index contributed by atoms with van der Waals surface area (Å²) in [6.07, 6.45) is 9.26. The maximum Gasteiger partial charge on any atom is 0.252 e. The fourth-order valence-electron chi connectivity index (χ4n) is 4.10. The molecule has 22 heavy (non-hydrogen) atoms. The van der Waals surface area contributed by atoms with Crippen LogP contribution in [0.15, 0.2) is 18.2 Å². The van der Waals surface area contributed by atoms with Crippen molar-refractivity contribution in [2.75, 3.05) is 6.54 Å². The van der Waals surface area contributed by atoms with Crippen molar-refractivity contribution < 1.29 is 4.79 Å². The van der Waals surface area contributed by atoms with Crippen molar-refractivity contribution >= 4 is 40.1 Å². The Labute approximate surface area is 152 Å². The Hall–Kier alpha value is -0.290. The molecule has 2 fully saturated rings. The molecule has 2 bridgehead atoms. The Kier molecular flexibility index (Phi) is 6.17. The van der Waals surface area contributed by atoms with E-state index in [1.165, 1.54) is 44.9 Å². The largest absolute Gasteiger partial charge is 0.351 e. The summed E-state index contributed by atoms with van der Waals surface area (Å²) in [5, 5.41) is 3.69. The molecule has 0 saturated heterocycles. The molecule has 0 heterocycles. The van der Waals surface area contributed by atoms with Gasteiger partial charge in [0.2, 0.25) is 0 Å². The van der Waals surface area contributed by atoms with Crippen molar-refractivity contribution in [3.05, 3.63) is 32.4 Å². The number of amides is 1. The van der Waals surface area contributed by atoms with E-state index in [-0.39, 0.29) is 13.3 Å². The van der Waals surface area contributed by atoms with Crippen molar-refractivity contribution in [1.29, 1.82) is 0 Å². The van der Waals surface area contributed by atoms with Gasteiger partial charge in [-0.1, -0.05) is 44.7 Å². The minimum atomic E-state index is -0.0272. The van der Waals surface area contributed by atoms with Crippen molar-refractivity contribution in [2.24, 2.45) is 11.3 Å². The van der Waals surface area contributed by atoms with Gasteiger partial charge >= 0.3 is 0 Å². The monoisotopic (exact) mass is 433 g/mol. The maximum atomic E-state index is 12.4. The Bertz CT molecular complexity index is 536. The number of hydrogen-bond donors (Lipinski definition) is 1. The molecular formula is C18H25ClINO. The Morgan fingerprint density at radius 1 is 1.32 bits per heavy atom. The van der Waals surface area contributed by atoms with E-state index in [9.17, 15) is 4.79 Å². The second kappa shape index (κ2) is 7.52. The van der Waals surface area contributed by atoms with Crippen LogP contribution in [0, 0.1) is 14.9 Å². The van der Waals surface area contributed by atoms with Crippen molar-refractivity contribution in [1.82, 2.24) is 5.32 Å². The van der Waals surface area contributed by atoms with E-state index in [2.05, 4.69) is 27.9 Å². The molecule has 4 heteroatoms. The summed E-state index contributed by atoms with van der Waals surface area (Å²) in [6, 6.07) is 5.58. The van der Waals surface area contributed by atoms with Gasteiger partial charge in [0.25, 0.3) is 5.91 Å². The minimum absolute atomic E-state index is 0. The molecule has 0 atom stereocenters. The summed E-state index contributed by atoms with van der Waals surface area (Å²) < 4.78 is 1.04. The highest BCUT2D eigenvalue weighted by atomic mass is 127. The molecule has 1 N–H and O–H groups in total. The Morgan fingerprint density at radius 3 is 2.68 bits per heavy atom. The third-order valence-corrected chi connectivity index (χ3v) is 6.16. The number of halogens is 2. The van der Waals surface area contributed by atoms with E-state index in [0.717, 1.165) is 16.0 Å². The van der Waals surface area contributed by atoms with Crippen LogP contribution in [0.4, 0.5) is 0 Å². The zero-order valence-corrected chi connectivity index (χ0v) is 15.0. The number of nitrogens with one attached hydrogen (secondary N) is 1. The van der Waals surface area contributed by atoms with Gasteiger partial charge in [-0.05, 0) is 71.4 Å². The quantitative estimate of drug-likeness (QED) is 0.611. The molecule has 2 saturated carbocycles. The van der Waals surface area contributed by atoms with Crippen LogP contribution in [0.2, 0.25) is 5.02 Å². The van der Waals surface area contributed by atoms with Crippen LogP contribution < -0.4 is 5.32 Å². The SMILES string of the molecule is C.O=C(NCC12CCCC(CCC1)C2)c1cc(I)ccc1Cl. The molecule has 0 aromatic heterocycles. The topological polar surface area (TPSA) is 29.1 Å². The summed E-state index contributed by atoms with van der Waals surface area (Å²) in [7, 11) is 0. The van der Waals surface area contributed by atoms with Crippen LogP contribution >= 0.6 is 34.2 Å². The van der Waals surface area contributed by atoms with Crippen LogP contribution in [0.5, 0.6) is 0 Å². The van der Waals surface area contributed by atoms with Crippen molar-refractivity contribution in [2.45, 2.75) is 52.4 Å². The van der Waals surface area contributed by atoms with Crippen molar-refractivity contribution in [3.63, 3.8) is 0 Å². The first-order valence-corrected chi connectivity index (χ1v) is 9.27. The third-order valence-electron chi connectivity index (χ3n) is 5.16. The summed E-state index contributed by atoms with van der Waals surface area (Å²) in [6.45, 7) is 0.810.